The van der Waals surface area contributed by atoms with Gasteiger partial charge in [-0.1, -0.05) is 24.6 Å². The Kier molecular flexibility index (Phi) is 5.12. The first kappa shape index (κ1) is 14.7. The first-order valence-corrected chi connectivity index (χ1v) is 7.73. The molecule has 0 saturated carbocycles. The van der Waals surface area contributed by atoms with Gasteiger partial charge in [0.2, 0.25) is 0 Å². The molecule has 0 bridgehead atoms. The molecule has 1 fully saturated rings. The molecule has 0 radical (unpaired) electrons. The minimum absolute atomic E-state index is 0.466. The molecule has 0 aromatic heterocycles. The van der Waals surface area contributed by atoms with Gasteiger partial charge >= 0.3 is 0 Å². The van der Waals surface area contributed by atoms with Gasteiger partial charge in [-0.15, -0.1) is 0 Å². The van der Waals surface area contributed by atoms with Crippen molar-refractivity contribution in [1.29, 1.82) is 0 Å². The monoisotopic (exact) mass is 280 g/mol. The van der Waals surface area contributed by atoms with E-state index >= 15 is 0 Å². The molecule has 1 aromatic rings. The summed E-state index contributed by atoms with van der Waals surface area (Å²) in [4.78, 5) is 2.55. The van der Waals surface area contributed by atoms with Gasteiger partial charge in [0.15, 0.2) is 0 Å². The van der Waals surface area contributed by atoms with Gasteiger partial charge in [0.25, 0.3) is 0 Å². The van der Waals surface area contributed by atoms with Crippen molar-refractivity contribution >= 4 is 17.3 Å². The molecule has 1 aromatic carbocycles. The average molecular weight is 281 g/mol. The molecule has 2 nitrogen and oxygen atoms in total. The Morgan fingerprint density at radius 2 is 2.26 bits per heavy atom. The fraction of sp³-hybridized carbons (Fsp3) is 0.625. The lowest BCUT2D eigenvalue weighted by atomic mass is 9.91. The summed E-state index contributed by atoms with van der Waals surface area (Å²) in [6, 6.07) is 6.64. The molecule has 2 unspecified atom stereocenters. The average Bonchev–Trinajstić information content (AvgIpc) is 2.43. The van der Waals surface area contributed by atoms with Crippen LogP contribution >= 0.6 is 11.6 Å². The van der Waals surface area contributed by atoms with Gasteiger partial charge in [-0.05, 0) is 63.4 Å². The van der Waals surface area contributed by atoms with Gasteiger partial charge < -0.3 is 10.2 Å². The van der Waals surface area contributed by atoms with Crippen LogP contribution in [-0.2, 0) is 0 Å². The lowest BCUT2D eigenvalue weighted by Crippen LogP contribution is -2.41. The summed E-state index contributed by atoms with van der Waals surface area (Å²) in [7, 11) is 0. The number of anilines is 1. The minimum Gasteiger partial charge on any atom is -0.381 e. The maximum absolute atomic E-state index is 6.26. The van der Waals surface area contributed by atoms with E-state index in [1.807, 2.05) is 6.07 Å². The molecule has 1 aliphatic heterocycles. The summed E-state index contributed by atoms with van der Waals surface area (Å²) in [5.41, 5.74) is 2.32. The van der Waals surface area contributed by atoms with E-state index in [1.165, 1.54) is 31.5 Å². The highest BCUT2D eigenvalue weighted by molar-refractivity contribution is 6.33. The number of benzene rings is 1. The zero-order valence-electron chi connectivity index (χ0n) is 12.2. The number of rotatable bonds is 4. The fourth-order valence-corrected chi connectivity index (χ4v) is 3.07. The van der Waals surface area contributed by atoms with Crippen LogP contribution in [0.5, 0.6) is 0 Å². The minimum atomic E-state index is 0.466. The molecule has 0 spiro atoms. The predicted molar refractivity (Wildman–Crippen MR) is 84.1 cm³/mol. The van der Waals surface area contributed by atoms with Gasteiger partial charge in [0, 0.05) is 12.6 Å². The zero-order valence-corrected chi connectivity index (χ0v) is 13.0. The molecule has 19 heavy (non-hydrogen) atoms. The third kappa shape index (κ3) is 3.87. The van der Waals surface area contributed by atoms with Crippen molar-refractivity contribution in [3.05, 3.63) is 28.8 Å². The number of nitrogens with zero attached hydrogens (tertiary/aromatic N) is 1. The van der Waals surface area contributed by atoms with Gasteiger partial charge in [0.05, 0.1) is 10.7 Å². The summed E-state index contributed by atoms with van der Waals surface area (Å²) < 4.78 is 0. The molecule has 106 valence electrons. The van der Waals surface area contributed by atoms with Crippen LogP contribution in [0.3, 0.4) is 0 Å². The van der Waals surface area contributed by atoms with Crippen LogP contribution in [0.4, 0.5) is 5.69 Å². The maximum Gasteiger partial charge on any atom is 0.0637 e. The molecule has 2 atom stereocenters. The Bertz CT molecular complexity index is 419. The lowest BCUT2D eigenvalue weighted by molar-refractivity contribution is 0.172. The zero-order chi connectivity index (χ0) is 13.8. The van der Waals surface area contributed by atoms with E-state index in [9.17, 15) is 0 Å². The van der Waals surface area contributed by atoms with E-state index in [0.717, 1.165) is 17.3 Å². The Balaban J connectivity index is 2.00. The highest BCUT2D eigenvalue weighted by atomic mass is 35.5. The second-order valence-electron chi connectivity index (χ2n) is 5.71. The Labute approximate surface area is 122 Å². The lowest BCUT2D eigenvalue weighted by Gasteiger charge is -2.36. The van der Waals surface area contributed by atoms with Gasteiger partial charge in [-0.25, -0.2) is 0 Å². The van der Waals surface area contributed by atoms with Crippen molar-refractivity contribution in [2.75, 3.05) is 25.0 Å². The molecule has 3 heteroatoms. The van der Waals surface area contributed by atoms with Crippen LogP contribution in [0.1, 0.15) is 32.3 Å². The van der Waals surface area contributed by atoms with E-state index in [2.05, 4.69) is 43.1 Å². The fourth-order valence-electron chi connectivity index (χ4n) is 2.90. The molecule has 1 saturated heterocycles. The van der Waals surface area contributed by atoms with Crippen LogP contribution in [0, 0.1) is 12.8 Å². The van der Waals surface area contributed by atoms with Crippen molar-refractivity contribution in [3.8, 4) is 0 Å². The van der Waals surface area contributed by atoms with E-state index in [4.69, 9.17) is 11.6 Å². The largest absolute Gasteiger partial charge is 0.381 e. The summed E-state index contributed by atoms with van der Waals surface area (Å²) >= 11 is 6.26. The molecule has 1 heterocycles. The number of aryl methyl sites for hydroxylation is 1. The summed E-state index contributed by atoms with van der Waals surface area (Å²) in [6.45, 7) is 10.2. The van der Waals surface area contributed by atoms with Crippen molar-refractivity contribution in [2.24, 2.45) is 5.92 Å². The molecular formula is C16H25ClN2. The van der Waals surface area contributed by atoms with Gasteiger partial charge in [-0.3, -0.25) is 0 Å². The highest BCUT2D eigenvalue weighted by Crippen LogP contribution is 2.27. The van der Waals surface area contributed by atoms with Crippen LogP contribution in [0.2, 0.25) is 5.02 Å². The maximum atomic E-state index is 6.26. The first-order valence-electron chi connectivity index (χ1n) is 7.35. The van der Waals surface area contributed by atoms with Gasteiger partial charge in [0.1, 0.15) is 0 Å². The van der Waals surface area contributed by atoms with Crippen molar-refractivity contribution < 1.29 is 0 Å². The summed E-state index contributed by atoms with van der Waals surface area (Å²) in [5.74, 6) is 0.713. The number of hydrogen-bond donors (Lipinski definition) is 1. The summed E-state index contributed by atoms with van der Waals surface area (Å²) in [5, 5.41) is 4.43. The highest BCUT2D eigenvalue weighted by Gasteiger charge is 2.24. The number of nitrogens with one attached hydrogen (secondary N) is 1. The SMILES string of the molecule is CCN1CCCC(C(C)Nc2cc(C)ccc2Cl)C1. The van der Waals surface area contributed by atoms with Crippen LogP contribution < -0.4 is 5.32 Å². The first-order chi connectivity index (χ1) is 9.10. The third-order valence-electron chi connectivity index (χ3n) is 4.20. The number of halogens is 1. The Morgan fingerprint density at radius 3 is 3.00 bits per heavy atom. The van der Waals surface area contributed by atoms with Gasteiger partial charge in [-0.2, -0.15) is 0 Å². The summed E-state index contributed by atoms with van der Waals surface area (Å²) in [6.07, 6.45) is 2.63. The molecule has 0 aliphatic carbocycles. The second kappa shape index (κ2) is 6.62. The number of likely N-dealkylation sites (tertiary alicyclic amines) is 1. The van der Waals surface area contributed by atoms with Crippen LogP contribution in [0.25, 0.3) is 0 Å². The molecule has 2 rings (SSSR count). The van der Waals surface area contributed by atoms with E-state index in [-0.39, 0.29) is 0 Å². The topological polar surface area (TPSA) is 15.3 Å². The van der Waals surface area contributed by atoms with Crippen molar-refractivity contribution in [1.82, 2.24) is 4.90 Å². The molecular weight excluding hydrogens is 256 g/mol. The van der Waals surface area contributed by atoms with Crippen molar-refractivity contribution in [2.45, 2.75) is 39.7 Å². The van der Waals surface area contributed by atoms with Crippen LogP contribution in [-0.4, -0.2) is 30.6 Å². The smallest absolute Gasteiger partial charge is 0.0637 e. The standard InChI is InChI=1S/C16H25ClN2/c1-4-19-9-5-6-14(11-19)13(3)18-16-10-12(2)7-8-15(16)17/h7-8,10,13-14,18H,4-6,9,11H2,1-3H3. The molecule has 0 amide bonds. The number of hydrogen-bond acceptors (Lipinski definition) is 2. The van der Waals surface area contributed by atoms with E-state index in [1.54, 1.807) is 0 Å². The normalized spacial score (nSPS) is 22.2. The molecule has 1 aliphatic rings. The molecule has 1 N–H and O–H groups in total. The Morgan fingerprint density at radius 1 is 1.47 bits per heavy atom. The second-order valence-corrected chi connectivity index (χ2v) is 6.12. The van der Waals surface area contributed by atoms with Crippen LogP contribution in [0.15, 0.2) is 18.2 Å². The third-order valence-corrected chi connectivity index (χ3v) is 4.53. The number of piperidine rings is 1. The predicted octanol–water partition coefficient (Wildman–Crippen LogP) is 4.18. The quantitative estimate of drug-likeness (QED) is 0.890. The van der Waals surface area contributed by atoms with Crippen molar-refractivity contribution in [3.63, 3.8) is 0 Å². The van der Waals surface area contributed by atoms with E-state index in [0.29, 0.717) is 12.0 Å². The Hall–Kier alpha value is -0.730. The van der Waals surface area contributed by atoms with E-state index < -0.39 is 0 Å².